The van der Waals surface area contributed by atoms with Crippen molar-refractivity contribution in [1.29, 1.82) is 0 Å². The van der Waals surface area contributed by atoms with E-state index in [1.165, 1.54) is 12.8 Å². The molecule has 5 rings (SSSR count). The van der Waals surface area contributed by atoms with Crippen LogP contribution in [0.1, 0.15) is 54.4 Å². The molecule has 1 aliphatic heterocycles. The van der Waals surface area contributed by atoms with Gasteiger partial charge in [0, 0.05) is 30.4 Å². The maximum Gasteiger partial charge on any atom is 0.257 e. The Labute approximate surface area is 146 Å². The third kappa shape index (κ3) is 2.42. The summed E-state index contributed by atoms with van der Waals surface area (Å²) in [6, 6.07) is 1.89. The van der Waals surface area contributed by atoms with Gasteiger partial charge in [-0.25, -0.2) is 4.98 Å². The molecule has 0 bridgehead atoms. The first-order valence-electron chi connectivity index (χ1n) is 9.28. The van der Waals surface area contributed by atoms with Gasteiger partial charge in [-0.3, -0.25) is 9.59 Å². The summed E-state index contributed by atoms with van der Waals surface area (Å²) >= 11 is 0. The molecule has 6 nitrogen and oxygen atoms in total. The third-order valence-electron chi connectivity index (χ3n) is 5.87. The topological polar surface area (TPSA) is 78.1 Å². The van der Waals surface area contributed by atoms with E-state index < -0.39 is 0 Å². The summed E-state index contributed by atoms with van der Waals surface area (Å²) in [7, 11) is 0. The van der Waals surface area contributed by atoms with E-state index in [0.717, 1.165) is 42.3 Å². The molecule has 0 saturated heterocycles. The van der Waals surface area contributed by atoms with E-state index in [2.05, 4.69) is 15.3 Å². The van der Waals surface area contributed by atoms with Gasteiger partial charge in [0.05, 0.1) is 5.56 Å². The van der Waals surface area contributed by atoms with Crippen molar-refractivity contribution in [3.63, 3.8) is 0 Å². The molecule has 2 saturated carbocycles. The lowest BCUT2D eigenvalue weighted by Gasteiger charge is -2.34. The molecule has 25 heavy (non-hydrogen) atoms. The smallest absolute Gasteiger partial charge is 0.257 e. The molecular formula is C19H22N4O2. The van der Waals surface area contributed by atoms with Crippen molar-refractivity contribution in [2.45, 2.75) is 57.2 Å². The number of hydrogen-bond acceptors (Lipinski definition) is 3. The van der Waals surface area contributed by atoms with Crippen molar-refractivity contribution < 1.29 is 9.59 Å². The summed E-state index contributed by atoms with van der Waals surface area (Å²) in [6.45, 7) is 0.488. The van der Waals surface area contributed by atoms with E-state index in [1.807, 2.05) is 6.07 Å². The molecule has 0 radical (unpaired) electrons. The number of hydrogen-bond donors (Lipinski definition) is 2. The molecule has 2 aromatic rings. The summed E-state index contributed by atoms with van der Waals surface area (Å²) in [5, 5.41) is 4.12. The second-order valence-corrected chi connectivity index (χ2v) is 7.60. The van der Waals surface area contributed by atoms with E-state index in [4.69, 9.17) is 0 Å². The Hall–Kier alpha value is -2.37. The highest BCUT2D eigenvalue weighted by Crippen LogP contribution is 2.39. The lowest BCUT2D eigenvalue weighted by molar-refractivity contribution is -0.127. The molecule has 2 fully saturated rings. The Morgan fingerprint density at radius 1 is 1.28 bits per heavy atom. The molecule has 2 aromatic heterocycles. The molecule has 3 aliphatic rings. The Balaban J connectivity index is 1.46. The van der Waals surface area contributed by atoms with E-state index >= 15 is 0 Å². The second kappa shape index (κ2) is 5.58. The molecule has 1 atom stereocenters. The number of nitrogens with zero attached hydrogens (tertiary/aromatic N) is 2. The average Bonchev–Trinajstić information content (AvgIpc) is 3.12. The van der Waals surface area contributed by atoms with E-state index in [0.29, 0.717) is 18.0 Å². The van der Waals surface area contributed by atoms with Gasteiger partial charge >= 0.3 is 0 Å². The van der Waals surface area contributed by atoms with Crippen molar-refractivity contribution in [3.8, 4) is 0 Å². The number of aromatic amines is 1. The summed E-state index contributed by atoms with van der Waals surface area (Å²) < 4.78 is 0. The van der Waals surface area contributed by atoms with Crippen LogP contribution in [0.25, 0.3) is 11.0 Å². The summed E-state index contributed by atoms with van der Waals surface area (Å²) in [5.41, 5.74) is 2.46. The predicted octanol–water partition coefficient (Wildman–Crippen LogP) is 2.36. The highest BCUT2D eigenvalue weighted by Gasteiger charge is 2.44. The van der Waals surface area contributed by atoms with Crippen LogP contribution in [-0.2, 0) is 11.3 Å². The number of H-pyrrole nitrogens is 1. The van der Waals surface area contributed by atoms with Crippen molar-refractivity contribution in [3.05, 3.63) is 29.6 Å². The highest BCUT2D eigenvalue weighted by molar-refractivity contribution is 6.10. The largest absolute Gasteiger partial charge is 0.352 e. The highest BCUT2D eigenvalue weighted by atomic mass is 16.2. The number of aromatic nitrogens is 2. The first-order chi connectivity index (χ1) is 12.2. The zero-order valence-corrected chi connectivity index (χ0v) is 14.1. The molecule has 2 N–H and O–H groups in total. The Bertz CT molecular complexity index is 848. The predicted molar refractivity (Wildman–Crippen MR) is 92.9 cm³/mol. The van der Waals surface area contributed by atoms with Crippen molar-refractivity contribution in [2.24, 2.45) is 5.92 Å². The van der Waals surface area contributed by atoms with E-state index in [1.54, 1.807) is 17.3 Å². The maximum atomic E-state index is 13.1. The van der Waals surface area contributed by atoms with Gasteiger partial charge in [-0.15, -0.1) is 0 Å². The number of rotatable bonds is 4. The van der Waals surface area contributed by atoms with Crippen LogP contribution in [0.4, 0.5) is 0 Å². The molecule has 3 heterocycles. The van der Waals surface area contributed by atoms with Crippen LogP contribution in [0, 0.1) is 5.92 Å². The lowest BCUT2D eigenvalue weighted by atomic mass is 9.99. The molecule has 6 heteroatoms. The molecule has 130 valence electrons. The molecule has 2 amide bonds. The second-order valence-electron chi connectivity index (χ2n) is 7.60. The SMILES string of the molecule is O=C(NC1CCCC1)[C@@H](C1CC1)N1Cc2ccnc3[nH]cc(c23)C1=O. The van der Waals surface area contributed by atoms with Crippen molar-refractivity contribution >= 4 is 22.8 Å². The number of carbonyl (C=O) groups is 2. The van der Waals surface area contributed by atoms with Crippen LogP contribution in [0.5, 0.6) is 0 Å². The standard InChI is InChI=1S/C19H22N4O2/c24-18(22-13-3-1-2-4-13)16(11-5-6-11)23-10-12-7-8-20-17-15(12)14(9-21-17)19(23)25/h7-9,11,13,16H,1-6,10H2,(H,20,21)(H,22,24)/t16-/m1/s1. The first kappa shape index (κ1) is 14.9. The lowest BCUT2D eigenvalue weighted by Crippen LogP contribution is -2.53. The van der Waals surface area contributed by atoms with Crippen molar-refractivity contribution in [1.82, 2.24) is 20.2 Å². The van der Waals surface area contributed by atoms with Crippen molar-refractivity contribution in [2.75, 3.05) is 0 Å². The minimum Gasteiger partial charge on any atom is -0.352 e. The van der Waals surface area contributed by atoms with Crippen LogP contribution >= 0.6 is 0 Å². The normalized spacial score (nSPS) is 21.8. The molecule has 0 spiro atoms. The van der Waals surface area contributed by atoms with Gasteiger partial charge in [0.25, 0.3) is 5.91 Å². The van der Waals surface area contributed by atoms with Crippen LogP contribution in [0.3, 0.4) is 0 Å². The van der Waals surface area contributed by atoms with E-state index in [-0.39, 0.29) is 23.9 Å². The molecule has 0 unspecified atom stereocenters. The number of pyridine rings is 1. The van der Waals surface area contributed by atoms with Gasteiger partial charge in [0.1, 0.15) is 11.7 Å². The summed E-state index contributed by atoms with van der Waals surface area (Å²) in [4.78, 5) is 35.2. The molecule has 2 aliphatic carbocycles. The fraction of sp³-hybridized carbons (Fsp3) is 0.526. The minimum absolute atomic E-state index is 0.0343. The average molecular weight is 338 g/mol. The fourth-order valence-corrected chi connectivity index (χ4v) is 4.44. The van der Waals surface area contributed by atoms with Crippen LogP contribution < -0.4 is 5.32 Å². The van der Waals surface area contributed by atoms with Gasteiger partial charge in [-0.2, -0.15) is 0 Å². The number of carbonyl (C=O) groups excluding carboxylic acids is 2. The van der Waals surface area contributed by atoms with Crippen LogP contribution in [0.2, 0.25) is 0 Å². The Morgan fingerprint density at radius 3 is 2.84 bits per heavy atom. The first-order valence-corrected chi connectivity index (χ1v) is 9.28. The summed E-state index contributed by atoms with van der Waals surface area (Å²) in [6.07, 6.45) is 10.0. The van der Waals surface area contributed by atoms with Gasteiger partial charge < -0.3 is 15.2 Å². The van der Waals surface area contributed by atoms with Gasteiger partial charge in [0.2, 0.25) is 5.91 Å². The number of nitrogens with one attached hydrogen (secondary N) is 2. The zero-order valence-electron chi connectivity index (χ0n) is 14.1. The van der Waals surface area contributed by atoms with E-state index in [9.17, 15) is 9.59 Å². The molecular weight excluding hydrogens is 316 g/mol. The summed E-state index contributed by atoms with van der Waals surface area (Å²) in [5.74, 6) is 0.278. The monoisotopic (exact) mass is 338 g/mol. The number of amides is 2. The molecule has 0 aromatic carbocycles. The van der Waals surface area contributed by atoms with Crippen LogP contribution in [-0.4, -0.2) is 38.8 Å². The van der Waals surface area contributed by atoms with Crippen LogP contribution in [0.15, 0.2) is 18.5 Å². The maximum absolute atomic E-state index is 13.1. The van der Waals surface area contributed by atoms with Gasteiger partial charge in [-0.1, -0.05) is 12.8 Å². The Kier molecular flexibility index (Phi) is 3.33. The van der Waals surface area contributed by atoms with Gasteiger partial charge in [0.15, 0.2) is 0 Å². The minimum atomic E-state index is -0.348. The fourth-order valence-electron chi connectivity index (χ4n) is 4.44. The third-order valence-corrected chi connectivity index (χ3v) is 5.87. The Morgan fingerprint density at radius 2 is 2.08 bits per heavy atom. The quantitative estimate of drug-likeness (QED) is 0.898. The zero-order chi connectivity index (χ0) is 17.0. The van der Waals surface area contributed by atoms with Gasteiger partial charge in [-0.05, 0) is 43.2 Å².